The number of nitrogens with zero attached hydrogens (tertiary/aromatic N) is 1. The van der Waals surface area contributed by atoms with E-state index in [0.717, 1.165) is 35.3 Å². The van der Waals surface area contributed by atoms with E-state index in [-0.39, 0.29) is 0 Å². The third-order valence-electron chi connectivity index (χ3n) is 4.27. The number of aromatic nitrogens is 1. The maximum atomic E-state index is 10.8. The van der Waals surface area contributed by atoms with Gasteiger partial charge >= 0.3 is 0 Å². The van der Waals surface area contributed by atoms with Crippen molar-refractivity contribution in [2.45, 2.75) is 63.9 Å². The van der Waals surface area contributed by atoms with Crippen molar-refractivity contribution in [2.24, 2.45) is 5.92 Å². The highest BCUT2D eigenvalue weighted by Crippen LogP contribution is 2.34. The second kappa shape index (κ2) is 6.85. The van der Waals surface area contributed by atoms with E-state index in [2.05, 4.69) is 27.8 Å². The molecular weight excluding hydrogens is 302 g/mol. The van der Waals surface area contributed by atoms with Crippen LogP contribution in [-0.4, -0.2) is 15.7 Å². The molecule has 2 atom stereocenters. The molecule has 0 aliphatic heterocycles. The van der Waals surface area contributed by atoms with Gasteiger partial charge in [0.15, 0.2) is 0 Å². The fourth-order valence-corrected chi connectivity index (χ4v) is 3.42. The molecule has 1 fully saturated rings. The summed E-state index contributed by atoms with van der Waals surface area (Å²) in [5, 5.41) is 10.8. The summed E-state index contributed by atoms with van der Waals surface area (Å²) in [5.74, 6) is 0.817. The molecule has 0 saturated heterocycles. The monoisotopic (exact) mass is 325 g/mol. The average Bonchev–Trinajstić information content (AvgIpc) is 2.56. The topological polar surface area (TPSA) is 33.1 Å². The minimum Gasteiger partial charge on any atom is -0.389 e. The molecule has 1 aromatic rings. The number of aliphatic hydroxyl groups is 1. The highest BCUT2D eigenvalue weighted by atomic mass is 79.9. The molecule has 1 saturated carbocycles. The molecule has 0 radical (unpaired) electrons. The van der Waals surface area contributed by atoms with E-state index in [9.17, 15) is 5.11 Å². The second-order valence-electron chi connectivity index (χ2n) is 5.95. The van der Waals surface area contributed by atoms with Crippen molar-refractivity contribution in [3.05, 3.63) is 28.5 Å². The maximum Gasteiger partial charge on any atom is 0.0703 e. The molecule has 19 heavy (non-hydrogen) atoms. The van der Waals surface area contributed by atoms with Crippen molar-refractivity contribution in [1.82, 2.24) is 4.98 Å². The Hall–Kier alpha value is -0.410. The van der Waals surface area contributed by atoms with Crippen molar-refractivity contribution in [1.29, 1.82) is 0 Å². The molecule has 3 heteroatoms. The summed E-state index contributed by atoms with van der Waals surface area (Å²) >= 11 is 3.40. The molecule has 0 spiro atoms. The molecule has 0 aromatic carbocycles. The van der Waals surface area contributed by atoms with Gasteiger partial charge < -0.3 is 5.11 Å². The first kappa shape index (κ1) is 15.0. The standard InChI is InChI=1S/C16H24BrNO/c1-2-4-13-5-3-9-16(19,10-8-13)11-15-7-6-14(17)12-18-15/h6-7,12-13,19H,2-5,8-11H2,1H3. The van der Waals surface area contributed by atoms with Crippen LogP contribution in [0.3, 0.4) is 0 Å². The van der Waals surface area contributed by atoms with E-state index < -0.39 is 5.60 Å². The third-order valence-corrected chi connectivity index (χ3v) is 4.74. The van der Waals surface area contributed by atoms with E-state index >= 15 is 0 Å². The minimum atomic E-state index is -0.538. The SMILES string of the molecule is CCCC1CCCC(O)(Cc2ccc(Br)cn2)CC1. The quantitative estimate of drug-likeness (QED) is 0.827. The Balaban J connectivity index is 1.96. The van der Waals surface area contributed by atoms with Crippen LogP contribution in [0.1, 0.15) is 57.6 Å². The first-order valence-corrected chi connectivity index (χ1v) is 8.23. The zero-order chi connectivity index (χ0) is 13.7. The molecule has 1 heterocycles. The van der Waals surface area contributed by atoms with Crippen molar-refractivity contribution in [3.63, 3.8) is 0 Å². The van der Waals surface area contributed by atoms with E-state index in [0.29, 0.717) is 6.42 Å². The summed E-state index contributed by atoms with van der Waals surface area (Å²) in [5.41, 5.74) is 0.461. The van der Waals surface area contributed by atoms with Gasteiger partial charge in [-0.25, -0.2) is 0 Å². The van der Waals surface area contributed by atoms with Crippen molar-refractivity contribution in [2.75, 3.05) is 0 Å². The lowest BCUT2D eigenvalue weighted by atomic mass is 9.88. The molecule has 1 aliphatic rings. The van der Waals surface area contributed by atoms with Gasteiger partial charge in [0.25, 0.3) is 0 Å². The summed E-state index contributed by atoms with van der Waals surface area (Å²) in [4.78, 5) is 4.40. The van der Waals surface area contributed by atoms with E-state index in [1.807, 2.05) is 18.3 Å². The van der Waals surface area contributed by atoms with Crippen LogP contribution in [0.15, 0.2) is 22.8 Å². The van der Waals surface area contributed by atoms with Crippen LogP contribution in [0.5, 0.6) is 0 Å². The molecule has 1 aromatic heterocycles. The van der Waals surface area contributed by atoms with E-state index in [1.165, 1.54) is 25.7 Å². The highest BCUT2D eigenvalue weighted by Gasteiger charge is 2.31. The summed E-state index contributed by atoms with van der Waals surface area (Å²) in [7, 11) is 0. The Morgan fingerprint density at radius 3 is 2.89 bits per heavy atom. The molecule has 1 N–H and O–H groups in total. The minimum absolute atomic E-state index is 0.538. The van der Waals surface area contributed by atoms with Crippen LogP contribution in [0.2, 0.25) is 0 Å². The second-order valence-corrected chi connectivity index (χ2v) is 6.87. The molecule has 0 amide bonds. The lowest BCUT2D eigenvalue weighted by Gasteiger charge is -2.26. The van der Waals surface area contributed by atoms with Gasteiger partial charge in [-0.1, -0.05) is 32.6 Å². The van der Waals surface area contributed by atoms with Gasteiger partial charge in [0.1, 0.15) is 0 Å². The van der Waals surface area contributed by atoms with Crippen LogP contribution >= 0.6 is 15.9 Å². The van der Waals surface area contributed by atoms with Crippen molar-refractivity contribution in [3.8, 4) is 0 Å². The van der Waals surface area contributed by atoms with Crippen LogP contribution in [0.4, 0.5) is 0 Å². The van der Waals surface area contributed by atoms with E-state index in [4.69, 9.17) is 0 Å². The molecule has 0 bridgehead atoms. The van der Waals surface area contributed by atoms with Crippen molar-refractivity contribution < 1.29 is 5.11 Å². The van der Waals surface area contributed by atoms with Crippen molar-refractivity contribution >= 4 is 15.9 Å². The summed E-state index contributed by atoms with van der Waals surface area (Å²) < 4.78 is 0.993. The Kier molecular flexibility index (Phi) is 5.40. The average molecular weight is 326 g/mol. The number of rotatable bonds is 4. The number of halogens is 1. The Morgan fingerprint density at radius 1 is 1.37 bits per heavy atom. The van der Waals surface area contributed by atoms with Gasteiger partial charge in [-0.05, 0) is 53.2 Å². The molecule has 2 rings (SSSR count). The number of hydrogen-bond donors (Lipinski definition) is 1. The Labute approximate surface area is 124 Å². The molecule has 1 aliphatic carbocycles. The number of pyridine rings is 1. The van der Waals surface area contributed by atoms with Gasteiger partial charge in [0.2, 0.25) is 0 Å². The smallest absolute Gasteiger partial charge is 0.0703 e. The van der Waals surface area contributed by atoms with Crippen LogP contribution < -0.4 is 0 Å². The summed E-state index contributed by atoms with van der Waals surface area (Å²) in [6.45, 7) is 2.25. The van der Waals surface area contributed by atoms with Gasteiger partial charge in [-0.2, -0.15) is 0 Å². The van der Waals surface area contributed by atoms with Gasteiger partial charge in [-0.15, -0.1) is 0 Å². The molecule has 2 nitrogen and oxygen atoms in total. The van der Waals surface area contributed by atoms with Crippen LogP contribution in [0, 0.1) is 5.92 Å². The normalized spacial score (nSPS) is 28.1. The van der Waals surface area contributed by atoms with Gasteiger partial charge in [0, 0.05) is 22.8 Å². The Morgan fingerprint density at radius 2 is 2.21 bits per heavy atom. The fraction of sp³-hybridized carbons (Fsp3) is 0.688. The zero-order valence-electron chi connectivity index (χ0n) is 11.7. The summed E-state index contributed by atoms with van der Waals surface area (Å²) in [6.07, 6.45) is 10.5. The lowest BCUT2D eigenvalue weighted by molar-refractivity contribution is 0.0232. The zero-order valence-corrected chi connectivity index (χ0v) is 13.3. The van der Waals surface area contributed by atoms with E-state index in [1.54, 1.807) is 0 Å². The Bertz CT molecular complexity index is 392. The largest absolute Gasteiger partial charge is 0.389 e. The fourth-order valence-electron chi connectivity index (χ4n) is 3.18. The lowest BCUT2D eigenvalue weighted by Crippen LogP contribution is -2.31. The first-order chi connectivity index (χ1) is 9.11. The molecular formula is C16H24BrNO. The third kappa shape index (κ3) is 4.57. The molecule has 2 unspecified atom stereocenters. The summed E-state index contributed by atoms with van der Waals surface area (Å²) in [6, 6.07) is 4.01. The predicted octanol–water partition coefficient (Wildman–Crippen LogP) is 4.50. The van der Waals surface area contributed by atoms with Gasteiger partial charge in [0.05, 0.1) is 5.60 Å². The van der Waals surface area contributed by atoms with Gasteiger partial charge in [-0.3, -0.25) is 4.98 Å². The number of hydrogen-bond acceptors (Lipinski definition) is 2. The first-order valence-electron chi connectivity index (χ1n) is 7.44. The maximum absolute atomic E-state index is 10.8. The predicted molar refractivity (Wildman–Crippen MR) is 82.1 cm³/mol. The van der Waals surface area contributed by atoms with Crippen LogP contribution in [0.25, 0.3) is 0 Å². The highest BCUT2D eigenvalue weighted by molar-refractivity contribution is 9.10. The molecule has 106 valence electrons. The van der Waals surface area contributed by atoms with Crippen LogP contribution in [-0.2, 0) is 6.42 Å².